The maximum absolute atomic E-state index is 14.0. The zero-order valence-corrected chi connectivity index (χ0v) is 11.8. The standard InChI is InChI=1S/C14H11ClFN5/c1-18-12-7-5-6-10(19-13(7)21-14(17)20-12)11-8(15)3-2-4-9(11)16/h2-6H,1H3,(H3,17,18,19,20,21). The van der Waals surface area contributed by atoms with Crippen LogP contribution in [0, 0.1) is 5.82 Å². The molecule has 2 aromatic heterocycles. The fourth-order valence-corrected chi connectivity index (χ4v) is 2.36. The Hall–Kier alpha value is -2.47. The van der Waals surface area contributed by atoms with E-state index in [1.165, 1.54) is 6.07 Å². The molecule has 106 valence electrons. The second kappa shape index (κ2) is 5.14. The first-order valence-corrected chi connectivity index (χ1v) is 6.54. The number of fused-ring (bicyclic) bond motifs is 1. The number of aromatic nitrogens is 3. The average molecular weight is 304 g/mol. The summed E-state index contributed by atoms with van der Waals surface area (Å²) in [7, 11) is 1.73. The van der Waals surface area contributed by atoms with Gasteiger partial charge in [0.2, 0.25) is 5.95 Å². The van der Waals surface area contributed by atoms with Gasteiger partial charge in [0.1, 0.15) is 11.6 Å². The van der Waals surface area contributed by atoms with E-state index in [1.54, 1.807) is 31.3 Å². The largest absolute Gasteiger partial charge is 0.372 e. The minimum absolute atomic E-state index is 0.0936. The van der Waals surface area contributed by atoms with Gasteiger partial charge in [-0.2, -0.15) is 9.97 Å². The van der Waals surface area contributed by atoms with Crippen LogP contribution in [0.4, 0.5) is 16.2 Å². The topological polar surface area (TPSA) is 76.7 Å². The van der Waals surface area contributed by atoms with Gasteiger partial charge < -0.3 is 11.1 Å². The second-order valence-corrected chi connectivity index (χ2v) is 4.75. The Labute approximate surface area is 125 Å². The van der Waals surface area contributed by atoms with Gasteiger partial charge in [-0.3, -0.25) is 0 Å². The van der Waals surface area contributed by atoms with E-state index in [1.807, 2.05) is 0 Å². The molecule has 0 fully saturated rings. The Balaban J connectivity index is 2.27. The Bertz CT molecular complexity index is 817. The van der Waals surface area contributed by atoms with Gasteiger partial charge in [0.05, 0.1) is 21.7 Å². The summed E-state index contributed by atoms with van der Waals surface area (Å²) in [4.78, 5) is 12.5. The molecule has 0 aliphatic rings. The van der Waals surface area contributed by atoms with Gasteiger partial charge in [0.15, 0.2) is 5.65 Å². The molecule has 0 aliphatic carbocycles. The molecule has 0 saturated carbocycles. The number of nitrogens with two attached hydrogens (primary N) is 1. The number of hydrogen-bond acceptors (Lipinski definition) is 5. The lowest BCUT2D eigenvalue weighted by Crippen LogP contribution is -2.02. The Morgan fingerprint density at radius 3 is 2.67 bits per heavy atom. The van der Waals surface area contributed by atoms with E-state index in [2.05, 4.69) is 20.3 Å². The van der Waals surface area contributed by atoms with Crippen molar-refractivity contribution in [1.82, 2.24) is 15.0 Å². The van der Waals surface area contributed by atoms with Crippen LogP contribution in [0.15, 0.2) is 30.3 Å². The number of nitrogen functional groups attached to an aromatic ring is 1. The molecule has 0 aliphatic heterocycles. The van der Waals surface area contributed by atoms with Gasteiger partial charge >= 0.3 is 0 Å². The van der Waals surface area contributed by atoms with E-state index in [4.69, 9.17) is 17.3 Å². The number of nitrogens with one attached hydrogen (secondary N) is 1. The van der Waals surface area contributed by atoms with Gasteiger partial charge in [-0.15, -0.1) is 0 Å². The lowest BCUT2D eigenvalue weighted by molar-refractivity contribution is 0.631. The summed E-state index contributed by atoms with van der Waals surface area (Å²) in [6, 6.07) is 7.92. The molecule has 0 spiro atoms. The first-order valence-electron chi connectivity index (χ1n) is 6.16. The number of rotatable bonds is 2. The quantitative estimate of drug-likeness (QED) is 0.760. The molecule has 3 N–H and O–H groups in total. The fourth-order valence-electron chi connectivity index (χ4n) is 2.10. The van der Waals surface area contributed by atoms with Crippen LogP contribution in [0.2, 0.25) is 5.02 Å². The molecule has 0 atom stereocenters. The second-order valence-electron chi connectivity index (χ2n) is 4.34. The summed E-state index contributed by atoms with van der Waals surface area (Å²) in [5.41, 5.74) is 6.66. The summed E-state index contributed by atoms with van der Waals surface area (Å²) < 4.78 is 14.0. The molecule has 3 aromatic rings. The molecular weight excluding hydrogens is 293 g/mol. The van der Waals surface area contributed by atoms with Crippen LogP contribution < -0.4 is 11.1 Å². The molecule has 0 radical (unpaired) electrons. The SMILES string of the molecule is CNc1nc(N)nc2nc(-c3c(F)cccc3Cl)ccc12. The summed E-state index contributed by atoms with van der Waals surface area (Å²) >= 11 is 6.06. The molecule has 5 nitrogen and oxygen atoms in total. The van der Waals surface area contributed by atoms with Gasteiger partial charge in [0.25, 0.3) is 0 Å². The zero-order chi connectivity index (χ0) is 15.0. The van der Waals surface area contributed by atoms with Crippen molar-refractivity contribution in [3.05, 3.63) is 41.2 Å². The lowest BCUT2D eigenvalue weighted by atomic mass is 10.1. The average Bonchev–Trinajstić information content (AvgIpc) is 2.45. The number of hydrogen-bond donors (Lipinski definition) is 2. The number of halogens is 2. The normalized spacial score (nSPS) is 10.8. The van der Waals surface area contributed by atoms with Crippen molar-refractivity contribution < 1.29 is 4.39 Å². The first-order chi connectivity index (χ1) is 10.1. The highest BCUT2D eigenvalue weighted by Crippen LogP contribution is 2.31. The van der Waals surface area contributed by atoms with Crippen LogP contribution in [0.25, 0.3) is 22.3 Å². The molecule has 2 heterocycles. The van der Waals surface area contributed by atoms with Crippen LogP contribution in [0.5, 0.6) is 0 Å². The first kappa shape index (κ1) is 13.5. The lowest BCUT2D eigenvalue weighted by Gasteiger charge is -2.08. The van der Waals surface area contributed by atoms with E-state index in [-0.39, 0.29) is 16.5 Å². The monoisotopic (exact) mass is 303 g/mol. The Morgan fingerprint density at radius 2 is 1.95 bits per heavy atom. The zero-order valence-electron chi connectivity index (χ0n) is 11.1. The van der Waals surface area contributed by atoms with Crippen LogP contribution in [0.1, 0.15) is 0 Å². The number of nitrogens with zero attached hydrogens (tertiary/aromatic N) is 3. The molecule has 0 unspecified atom stereocenters. The van der Waals surface area contributed by atoms with Gasteiger partial charge in [0, 0.05) is 7.05 Å². The highest BCUT2D eigenvalue weighted by Gasteiger charge is 2.13. The van der Waals surface area contributed by atoms with Crippen molar-refractivity contribution in [1.29, 1.82) is 0 Å². The number of benzene rings is 1. The van der Waals surface area contributed by atoms with Gasteiger partial charge in [-0.1, -0.05) is 17.7 Å². The van der Waals surface area contributed by atoms with Crippen molar-refractivity contribution >= 4 is 34.4 Å². The molecule has 0 bridgehead atoms. The number of anilines is 2. The van der Waals surface area contributed by atoms with Crippen molar-refractivity contribution in [2.45, 2.75) is 0 Å². The molecule has 1 aromatic carbocycles. The highest BCUT2D eigenvalue weighted by molar-refractivity contribution is 6.33. The van der Waals surface area contributed by atoms with Gasteiger partial charge in [-0.25, -0.2) is 9.37 Å². The Kier molecular flexibility index (Phi) is 3.31. The molecule has 21 heavy (non-hydrogen) atoms. The predicted octanol–water partition coefficient (Wildman–Crippen LogP) is 3.11. The van der Waals surface area contributed by atoms with Crippen molar-refractivity contribution in [3.8, 4) is 11.3 Å². The van der Waals surface area contributed by atoms with Gasteiger partial charge in [-0.05, 0) is 24.3 Å². The molecule has 0 saturated heterocycles. The summed E-state index contributed by atoms with van der Waals surface area (Å²) in [5.74, 6) is 0.220. The molecular formula is C14H11ClFN5. The van der Waals surface area contributed by atoms with E-state index in [9.17, 15) is 4.39 Å². The third kappa shape index (κ3) is 2.34. The van der Waals surface area contributed by atoms with Crippen molar-refractivity contribution in [2.75, 3.05) is 18.1 Å². The van der Waals surface area contributed by atoms with Crippen LogP contribution in [0.3, 0.4) is 0 Å². The van der Waals surface area contributed by atoms with E-state index in [0.29, 0.717) is 22.5 Å². The van der Waals surface area contributed by atoms with E-state index in [0.717, 1.165) is 0 Å². The third-order valence-electron chi connectivity index (χ3n) is 3.03. The third-order valence-corrected chi connectivity index (χ3v) is 3.35. The van der Waals surface area contributed by atoms with Crippen LogP contribution >= 0.6 is 11.6 Å². The fraction of sp³-hybridized carbons (Fsp3) is 0.0714. The van der Waals surface area contributed by atoms with Crippen LogP contribution in [-0.4, -0.2) is 22.0 Å². The molecule has 0 amide bonds. The van der Waals surface area contributed by atoms with Crippen molar-refractivity contribution in [2.24, 2.45) is 0 Å². The highest BCUT2D eigenvalue weighted by atomic mass is 35.5. The predicted molar refractivity (Wildman–Crippen MR) is 81.7 cm³/mol. The maximum Gasteiger partial charge on any atom is 0.224 e. The summed E-state index contributed by atoms with van der Waals surface area (Å²) in [6.07, 6.45) is 0. The Morgan fingerprint density at radius 1 is 1.14 bits per heavy atom. The maximum atomic E-state index is 14.0. The molecule has 7 heteroatoms. The number of pyridine rings is 1. The molecule has 3 rings (SSSR count). The van der Waals surface area contributed by atoms with Crippen molar-refractivity contribution in [3.63, 3.8) is 0 Å². The smallest absolute Gasteiger partial charge is 0.224 e. The van der Waals surface area contributed by atoms with Crippen LogP contribution in [-0.2, 0) is 0 Å². The summed E-state index contributed by atoms with van der Waals surface area (Å²) in [6.45, 7) is 0. The van der Waals surface area contributed by atoms with E-state index >= 15 is 0 Å². The summed E-state index contributed by atoms with van der Waals surface area (Å²) in [5, 5.41) is 3.91. The van der Waals surface area contributed by atoms with E-state index < -0.39 is 5.82 Å². The minimum Gasteiger partial charge on any atom is -0.372 e. The minimum atomic E-state index is -0.440.